The number of thioether (sulfide) groups is 1. The van der Waals surface area contributed by atoms with E-state index in [0.29, 0.717) is 11.7 Å². The number of hydrogen-bond donors (Lipinski definition) is 2. The van der Waals surface area contributed by atoms with E-state index in [-0.39, 0.29) is 5.91 Å². The molecular weight excluding hydrogens is 308 g/mol. The average molecular weight is 330 g/mol. The van der Waals surface area contributed by atoms with Crippen LogP contribution in [0.2, 0.25) is 0 Å². The van der Waals surface area contributed by atoms with Gasteiger partial charge in [-0.25, -0.2) is 0 Å². The summed E-state index contributed by atoms with van der Waals surface area (Å²) in [6.45, 7) is 3.97. The van der Waals surface area contributed by atoms with E-state index in [9.17, 15) is 4.79 Å². The van der Waals surface area contributed by atoms with Crippen molar-refractivity contribution in [3.05, 3.63) is 41.7 Å². The number of benzene rings is 1. The highest BCUT2D eigenvalue weighted by atomic mass is 32.2. The van der Waals surface area contributed by atoms with Crippen molar-refractivity contribution in [3.8, 4) is 0 Å². The molecule has 1 atom stereocenters. The lowest BCUT2D eigenvalue weighted by Gasteiger charge is -2.22. The number of hydrogen-bond acceptors (Lipinski definition) is 4. The molecule has 1 saturated heterocycles. The monoisotopic (exact) mass is 330 g/mol. The SMILES string of the molecule is CSc1ccc(C)c(NC(=O)c2ccn(C3CCCNC3)n2)c1. The topological polar surface area (TPSA) is 59.0 Å². The summed E-state index contributed by atoms with van der Waals surface area (Å²) < 4.78 is 1.91. The molecule has 0 radical (unpaired) electrons. The fraction of sp³-hybridized carbons (Fsp3) is 0.412. The van der Waals surface area contributed by atoms with E-state index in [1.165, 1.54) is 0 Å². The van der Waals surface area contributed by atoms with Gasteiger partial charge in [0.2, 0.25) is 0 Å². The Hall–Kier alpha value is -1.79. The Bertz CT molecular complexity index is 692. The highest BCUT2D eigenvalue weighted by Gasteiger charge is 2.18. The molecule has 1 aromatic heterocycles. The van der Waals surface area contributed by atoms with E-state index in [1.807, 2.05) is 36.2 Å². The molecule has 2 N–H and O–H groups in total. The summed E-state index contributed by atoms with van der Waals surface area (Å²) in [5, 5.41) is 10.8. The second-order valence-electron chi connectivity index (χ2n) is 5.82. The molecule has 23 heavy (non-hydrogen) atoms. The maximum Gasteiger partial charge on any atom is 0.276 e. The Morgan fingerprint density at radius 3 is 3.04 bits per heavy atom. The third-order valence-corrected chi connectivity index (χ3v) is 4.90. The fourth-order valence-electron chi connectivity index (χ4n) is 2.77. The van der Waals surface area contributed by atoms with Gasteiger partial charge < -0.3 is 10.6 Å². The van der Waals surface area contributed by atoms with Gasteiger partial charge in [-0.3, -0.25) is 9.48 Å². The first-order chi connectivity index (χ1) is 11.2. The summed E-state index contributed by atoms with van der Waals surface area (Å²) in [7, 11) is 0. The standard InChI is InChI=1S/C17H22N4OS/c1-12-5-6-14(23-2)10-16(12)19-17(22)15-7-9-21(20-15)13-4-3-8-18-11-13/h5-7,9-10,13,18H,3-4,8,11H2,1-2H3,(H,19,22). The molecule has 0 bridgehead atoms. The lowest BCUT2D eigenvalue weighted by Crippen LogP contribution is -2.32. The molecule has 1 amide bonds. The molecule has 1 fully saturated rings. The van der Waals surface area contributed by atoms with Crippen LogP contribution in [0.15, 0.2) is 35.4 Å². The minimum atomic E-state index is -0.158. The van der Waals surface area contributed by atoms with E-state index in [0.717, 1.165) is 42.1 Å². The molecule has 1 unspecified atom stereocenters. The Morgan fingerprint density at radius 2 is 2.30 bits per heavy atom. The Kier molecular flexibility index (Phi) is 5.03. The van der Waals surface area contributed by atoms with Crippen LogP contribution in [0.3, 0.4) is 0 Å². The van der Waals surface area contributed by atoms with Gasteiger partial charge in [-0.15, -0.1) is 11.8 Å². The molecule has 3 rings (SSSR count). The zero-order valence-corrected chi connectivity index (χ0v) is 14.3. The van der Waals surface area contributed by atoms with Gasteiger partial charge >= 0.3 is 0 Å². The summed E-state index contributed by atoms with van der Waals surface area (Å²) in [6.07, 6.45) is 6.17. The zero-order valence-electron chi connectivity index (χ0n) is 13.5. The molecule has 1 aliphatic heterocycles. The average Bonchev–Trinajstić information content (AvgIpc) is 3.08. The molecule has 1 aromatic carbocycles. The lowest BCUT2D eigenvalue weighted by atomic mass is 10.1. The predicted octanol–water partition coefficient (Wildman–Crippen LogP) is 3.09. The number of rotatable bonds is 4. The number of nitrogens with zero attached hydrogens (tertiary/aromatic N) is 2. The highest BCUT2D eigenvalue weighted by Crippen LogP contribution is 2.23. The van der Waals surface area contributed by atoms with E-state index >= 15 is 0 Å². The molecule has 6 heteroatoms. The van der Waals surface area contributed by atoms with Gasteiger partial charge in [0.05, 0.1) is 6.04 Å². The Morgan fingerprint density at radius 1 is 1.43 bits per heavy atom. The van der Waals surface area contributed by atoms with Gasteiger partial charge in [0.1, 0.15) is 0 Å². The maximum atomic E-state index is 12.5. The zero-order chi connectivity index (χ0) is 16.2. The van der Waals surface area contributed by atoms with E-state index in [4.69, 9.17) is 0 Å². The molecule has 0 spiro atoms. The van der Waals surface area contributed by atoms with E-state index in [2.05, 4.69) is 21.8 Å². The first-order valence-electron chi connectivity index (χ1n) is 7.89. The van der Waals surface area contributed by atoms with Crippen LogP contribution in [0.5, 0.6) is 0 Å². The summed E-state index contributed by atoms with van der Waals surface area (Å²) in [6, 6.07) is 8.21. The number of anilines is 1. The first kappa shape index (κ1) is 16.1. The predicted molar refractivity (Wildman–Crippen MR) is 94.3 cm³/mol. The van der Waals surface area contributed by atoms with Gasteiger partial charge in [-0.1, -0.05) is 6.07 Å². The molecule has 5 nitrogen and oxygen atoms in total. The number of aryl methyl sites for hydroxylation is 1. The van der Waals surface area contributed by atoms with Crippen molar-refractivity contribution in [3.63, 3.8) is 0 Å². The van der Waals surface area contributed by atoms with Crippen LogP contribution < -0.4 is 10.6 Å². The highest BCUT2D eigenvalue weighted by molar-refractivity contribution is 7.98. The maximum absolute atomic E-state index is 12.5. The second kappa shape index (κ2) is 7.19. The summed E-state index contributed by atoms with van der Waals surface area (Å²) in [5.41, 5.74) is 2.35. The molecule has 0 aliphatic carbocycles. The van der Waals surface area contributed by atoms with Gasteiger partial charge in [0, 0.05) is 23.3 Å². The Labute approximate surface area is 140 Å². The number of aromatic nitrogens is 2. The minimum Gasteiger partial charge on any atom is -0.320 e. The summed E-state index contributed by atoms with van der Waals surface area (Å²) >= 11 is 1.66. The normalized spacial score (nSPS) is 17.9. The van der Waals surface area contributed by atoms with Crippen LogP contribution in [0, 0.1) is 6.92 Å². The van der Waals surface area contributed by atoms with Crippen molar-refractivity contribution in [1.29, 1.82) is 0 Å². The van der Waals surface area contributed by atoms with Crippen molar-refractivity contribution >= 4 is 23.4 Å². The van der Waals surface area contributed by atoms with Crippen molar-refractivity contribution in [1.82, 2.24) is 15.1 Å². The third-order valence-electron chi connectivity index (χ3n) is 4.18. The molecule has 2 heterocycles. The van der Waals surface area contributed by atoms with Gasteiger partial charge in [-0.2, -0.15) is 5.10 Å². The molecule has 122 valence electrons. The van der Waals surface area contributed by atoms with Crippen molar-refractivity contribution in [2.45, 2.75) is 30.7 Å². The van der Waals surface area contributed by atoms with Crippen LogP contribution in [-0.4, -0.2) is 35.0 Å². The molecular formula is C17H22N4OS. The number of carbonyl (C=O) groups is 1. The molecule has 1 aliphatic rings. The van der Waals surface area contributed by atoms with Gasteiger partial charge in [0.15, 0.2) is 5.69 Å². The smallest absolute Gasteiger partial charge is 0.276 e. The minimum absolute atomic E-state index is 0.158. The van der Waals surface area contributed by atoms with Crippen LogP contribution in [-0.2, 0) is 0 Å². The van der Waals surface area contributed by atoms with Crippen molar-refractivity contribution in [2.24, 2.45) is 0 Å². The number of nitrogens with one attached hydrogen (secondary N) is 2. The van der Waals surface area contributed by atoms with Crippen LogP contribution in [0.1, 0.15) is 34.9 Å². The van der Waals surface area contributed by atoms with Crippen LogP contribution >= 0.6 is 11.8 Å². The Balaban J connectivity index is 1.72. The van der Waals surface area contributed by atoms with Gasteiger partial charge in [-0.05, 0) is 56.3 Å². The number of carbonyl (C=O) groups excluding carboxylic acids is 1. The van der Waals surface area contributed by atoms with Gasteiger partial charge in [0.25, 0.3) is 5.91 Å². The third kappa shape index (κ3) is 3.76. The molecule has 2 aromatic rings. The summed E-state index contributed by atoms with van der Waals surface area (Å²) in [5.74, 6) is -0.158. The number of piperidine rings is 1. The fourth-order valence-corrected chi connectivity index (χ4v) is 3.21. The second-order valence-corrected chi connectivity index (χ2v) is 6.70. The van der Waals surface area contributed by atoms with Crippen LogP contribution in [0.4, 0.5) is 5.69 Å². The van der Waals surface area contributed by atoms with Crippen molar-refractivity contribution < 1.29 is 4.79 Å². The van der Waals surface area contributed by atoms with E-state index < -0.39 is 0 Å². The summed E-state index contributed by atoms with van der Waals surface area (Å²) in [4.78, 5) is 13.6. The first-order valence-corrected chi connectivity index (χ1v) is 9.11. The molecule has 0 saturated carbocycles. The van der Waals surface area contributed by atoms with Crippen molar-refractivity contribution in [2.75, 3.05) is 24.7 Å². The lowest BCUT2D eigenvalue weighted by molar-refractivity contribution is 0.102. The van der Waals surface area contributed by atoms with Crippen LogP contribution in [0.25, 0.3) is 0 Å². The van der Waals surface area contributed by atoms with E-state index in [1.54, 1.807) is 17.8 Å². The largest absolute Gasteiger partial charge is 0.320 e. The number of amides is 1. The quantitative estimate of drug-likeness (QED) is 0.846.